The molecule has 13 heavy (non-hydrogen) atoms. The molecule has 0 aliphatic heterocycles. The molecule has 0 spiro atoms. The molecule has 2 nitrogen and oxygen atoms in total. The lowest BCUT2D eigenvalue weighted by atomic mass is 9.79. The second-order valence-electron chi connectivity index (χ2n) is 3.31. The van der Waals surface area contributed by atoms with Crippen LogP contribution in [0.4, 0.5) is 0 Å². The Bertz CT molecular complexity index is 300. The van der Waals surface area contributed by atoms with Crippen molar-refractivity contribution in [3.8, 4) is 0 Å². The van der Waals surface area contributed by atoms with Crippen LogP contribution in [0.15, 0.2) is 18.2 Å². The summed E-state index contributed by atoms with van der Waals surface area (Å²) in [4.78, 5) is 0. The minimum absolute atomic E-state index is 0.469. The normalized spacial score (nSPS) is 10.6. The Morgan fingerprint density at radius 1 is 1.31 bits per heavy atom. The average molecular weight is 290 g/mol. The van der Waals surface area contributed by atoms with Crippen molar-refractivity contribution in [3.63, 3.8) is 0 Å². The summed E-state index contributed by atoms with van der Waals surface area (Å²) < 4.78 is 1.08. The Balaban J connectivity index is 3.06. The maximum Gasteiger partial charge on any atom is 0.488 e. The van der Waals surface area contributed by atoms with Crippen LogP contribution < -0.4 is 5.46 Å². The molecular formula is C9H12BIO2. The zero-order valence-corrected chi connectivity index (χ0v) is 9.82. The molecule has 2 N–H and O–H groups in total. The van der Waals surface area contributed by atoms with E-state index in [-0.39, 0.29) is 0 Å². The molecule has 0 saturated heterocycles. The molecule has 0 atom stereocenters. The predicted octanol–water partition coefficient (Wildman–Crippen LogP) is 1.09. The molecule has 0 aliphatic carbocycles. The number of hydrogen-bond donors (Lipinski definition) is 2. The van der Waals surface area contributed by atoms with Gasteiger partial charge < -0.3 is 10.0 Å². The third-order valence-electron chi connectivity index (χ3n) is 1.94. The summed E-state index contributed by atoms with van der Waals surface area (Å²) in [5.41, 5.74) is 1.79. The summed E-state index contributed by atoms with van der Waals surface area (Å²) in [5.74, 6) is 0.469. The molecule has 0 amide bonds. The van der Waals surface area contributed by atoms with E-state index in [9.17, 15) is 0 Å². The van der Waals surface area contributed by atoms with Crippen LogP contribution in [0.3, 0.4) is 0 Å². The number of benzene rings is 1. The van der Waals surface area contributed by atoms with Gasteiger partial charge in [-0.15, -0.1) is 0 Å². The van der Waals surface area contributed by atoms with E-state index >= 15 is 0 Å². The monoisotopic (exact) mass is 290 g/mol. The molecule has 0 heterocycles. The molecule has 4 heteroatoms. The van der Waals surface area contributed by atoms with E-state index in [1.165, 1.54) is 5.56 Å². The van der Waals surface area contributed by atoms with Crippen molar-refractivity contribution in [1.82, 2.24) is 0 Å². The van der Waals surface area contributed by atoms with Gasteiger partial charge in [0.2, 0.25) is 0 Å². The van der Waals surface area contributed by atoms with E-state index in [2.05, 4.69) is 36.4 Å². The second-order valence-corrected chi connectivity index (χ2v) is 4.47. The predicted molar refractivity (Wildman–Crippen MR) is 63.1 cm³/mol. The van der Waals surface area contributed by atoms with E-state index in [4.69, 9.17) is 10.0 Å². The van der Waals surface area contributed by atoms with Crippen molar-refractivity contribution in [2.45, 2.75) is 19.8 Å². The molecule has 1 aromatic carbocycles. The fraction of sp³-hybridized carbons (Fsp3) is 0.333. The minimum atomic E-state index is -1.37. The van der Waals surface area contributed by atoms with Gasteiger partial charge in [-0.1, -0.05) is 26.0 Å². The fourth-order valence-electron chi connectivity index (χ4n) is 1.17. The van der Waals surface area contributed by atoms with E-state index in [0.29, 0.717) is 11.4 Å². The smallest absolute Gasteiger partial charge is 0.423 e. The van der Waals surface area contributed by atoms with Crippen molar-refractivity contribution >= 4 is 35.2 Å². The Morgan fingerprint density at radius 3 is 2.31 bits per heavy atom. The van der Waals surface area contributed by atoms with Crippen LogP contribution in [-0.4, -0.2) is 17.2 Å². The molecule has 0 aliphatic rings. The first-order valence-corrected chi connectivity index (χ1v) is 5.25. The van der Waals surface area contributed by atoms with Crippen LogP contribution >= 0.6 is 22.6 Å². The van der Waals surface area contributed by atoms with Gasteiger partial charge in [-0.25, -0.2) is 0 Å². The lowest BCUT2D eigenvalue weighted by Crippen LogP contribution is -2.30. The maximum atomic E-state index is 8.93. The zero-order chi connectivity index (χ0) is 10.0. The molecule has 0 saturated carbocycles. The van der Waals surface area contributed by atoms with Crippen LogP contribution in [0, 0.1) is 3.57 Å². The van der Waals surface area contributed by atoms with Crippen molar-refractivity contribution in [3.05, 3.63) is 27.3 Å². The van der Waals surface area contributed by atoms with Gasteiger partial charge in [0.1, 0.15) is 0 Å². The summed E-state index contributed by atoms with van der Waals surface area (Å²) in [6, 6.07) is 5.50. The van der Waals surface area contributed by atoms with E-state index in [0.717, 1.165) is 3.57 Å². The van der Waals surface area contributed by atoms with Gasteiger partial charge in [0.05, 0.1) is 0 Å². The molecule has 0 aromatic heterocycles. The van der Waals surface area contributed by atoms with Crippen LogP contribution in [0.25, 0.3) is 0 Å². The first-order chi connectivity index (χ1) is 6.02. The highest BCUT2D eigenvalue weighted by atomic mass is 127. The Kier molecular flexibility index (Phi) is 3.76. The van der Waals surface area contributed by atoms with Gasteiger partial charge in [0.15, 0.2) is 0 Å². The van der Waals surface area contributed by atoms with Crippen LogP contribution in [0.2, 0.25) is 0 Å². The highest BCUT2D eigenvalue weighted by Gasteiger charge is 2.13. The largest absolute Gasteiger partial charge is 0.488 e. The highest BCUT2D eigenvalue weighted by Crippen LogP contribution is 2.19. The molecule has 70 valence electrons. The standard InChI is InChI=1S/C9H12BIO2/c1-6(2)8-4-3-7(10(12)13)5-9(8)11/h3-6,12-13H,1-2H3. The van der Waals surface area contributed by atoms with E-state index in [1.54, 1.807) is 12.1 Å². The topological polar surface area (TPSA) is 40.5 Å². The van der Waals surface area contributed by atoms with Crippen molar-refractivity contribution < 1.29 is 10.0 Å². The molecule has 1 aromatic rings. The molecule has 1 rings (SSSR count). The summed E-state index contributed by atoms with van der Waals surface area (Å²) in [6.45, 7) is 4.24. The van der Waals surface area contributed by atoms with Crippen molar-refractivity contribution in [2.75, 3.05) is 0 Å². The summed E-state index contributed by atoms with van der Waals surface area (Å²) in [5, 5.41) is 17.9. The number of halogens is 1. The van der Waals surface area contributed by atoms with Crippen LogP contribution in [0.5, 0.6) is 0 Å². The quantitative estimate of drug-likeness (QED) is 0.632. The third-order valence-corrected chi connectivity index (χ3v) is 2.88. The van der Waals surface area contributed by atoms with Crippen molar-refractivity contribution in [1.29, 1.82) is 0 Å². The number of rotatable bonds is 2. The Hall–Kier alpha value is -0.0651. The van der Waals surface area contributed by atoms with Gasteiger partial charge in [-0.05, 0) is 45.6 Å². The maximum absolute atomic E-state index is 8.93. The summed E-state index contributed by atoms with van der Waals surface area (Å²) in [7, 11) is -1.37. The average Bonchev–Trinajstić information content (AvgIpc) is 2.03. The fourth-order valence-corrected chi connectivity index (χ4v) is 2.33. The molecule has 0 unspecified atom stereocenters. The molecule has 0 bridgehead atoms. The third kappa shape index (κ3) is 2.69. The van der Waals surface area contributed by atoms with Crippen LogP contribution in [-0.2, 0) is 0 Å². The van der Waals surface area contributed by atoms with Gasteiger partial charge in [-0.3, -0.25) is 0 Å². The Morgan fingerprint density at radius 2 is 1.92 bits per heavy atom. The minimum Gasteiger partial charge on any atom is -0.423 e. The summed E-state index contributed by atoms with van der Waals surface area (Å²) >= 11 is 2.21. The highest BCUT2D eigenvalue weighted by molar-refractivity contribution is 14.1. The molecule has 0 radical (unpaired) electrons. The van der Waals surface area contributed by atoms with Gasteiger partial charge in [0, 0.05) is 3.57 Å². The van der Waals surface area contributed by atoms with Gasteiger partial charge in [-0.2, -0.15) is 0 Å². The van der Waals surface area contributed by atoms with Gasteiger partial charge in [0.25, 0.3) is 0 Å². The van der Waals surface area contributed by atoms with E-state index in [1.807, 2.05) is 6.07 Å². The zero-order valence-electron chi connectivity index (χ0n) is 7.66. The lowest BCUT2D eigenvalue weighted by Gasteiger charge is -2.09. The number of hydrogen-bond acceptors (Lipinski definition) is 2. The second kappa shape index (κ2) is 4.44. The molecular weight excluding hydrogens is 278 g/mol. The van der Waals surface area contributed by atoms with Crippen molar-refractivity contribution in [2.24, 2.45) is 0 Å². The SMILES string of the molecule is CC(C)c1ccc(B(O)O)cc1I. The van der Waals surface area contributed by atoms with Gasteiger partial charge >= 0.3 is 7.12 Å². The lowest BCUT2D eigenvalue weighted by molar-refractivity contribution is 0.425. The van der Waals surface area contributed by atoms with Crippen LogP contribution in [0.1, 0.15) is 25.3 Å². The van der Waals surface area contributed by atoms with E-state index < -0.39 is 7.12 Å². The molecule has 0 fully saturated rings. The Labute approximate surface area is 92.3 Å². The first-order valence-electron chi connectivity index (χ1n) is 4.18. The summed E-state index contributed by atoms with van der Waals surface area (Å²) in [6.07, 6.45) is 0. The first kappa shape index (κ1) is 11.0.